The Morgan fingerprint density at radius 3 is 2.54 bits per heavy atom. The Balaban J connectivity index is 1.79. The first-order chi connectivity index (χ1) is 13.4. The van der Waals surface area contributed by atoms with E-state index in [9.17, 15) is 13.2 Å². The van der Waals surface area contributed by atoms with E-state index in [2.05, 4.69) is 0 Å². The average Bonchev–Trinajstić information content (AvgIpc) is 2.98. The van der Waals surface area contributed by atoms with Crippen molar-refractivity contribution in [2.75, 3.05) is 32.8 Å². The molecule has 1 amide bonds. The minimum atomic E-state index is -3.79. The molecule has 0 saturated carbocycles. The summed E-state index contributed by atoms with van der Waals surface area (Å²) in [4.78, 5) is 15.0. The number of halogens is 1. The van der Waals surface area contributed by atoms with Gasteiger partial charge in [-0.1, -0.05) is 24.4 Å². The number of piperidine rings is 1. The number of nitrogens with zero attached hydrogens (tertiary/aromatic N) is 2. The number of likely N-dealkylation sites (tertiary alicyclic amines) is 1. The van der Waals surface area contributed by atoms with Gasteiger partial charge in [-0.05, 0) is 50.8 Å². The van der Waals surface area contributed by atoms with Crippen molar-refractivity contribution >= 4 is 27.5 Å². The second-order valence-electron chi connectivity index (χ2n) is 7.47. The van der Waals surface area contributed by atoms with Gasteiger partial charge >= 0.3 is 0 Å². The minimum Gasteiger partial charge on any atom is -0.492 e. The summed E-state index contributed by atoms with van der Waals surface area (Å²) < 4.78 is 33.5. The third-order valence-corrected chi connectivity index (χ3v) is 7.60. The fourth-order valence-electron chi connectivity index (χ4n) is 4.01. The van der Waals surface area contributed by atoms with Gasteiger partial charge in [-0.15, -0.1) is 0 Å². The van der Waals surface area contributed by atoms with Gasteiger partial charge in [-0.25, -0.2) is 8.42 Å². The van der Waals surface area contributed by atoms with Gasteiger partial charge in [0.15, 0.2) is 0 Å². The molecular weight excluding hydrogens is 400 g/mol. The van der Waals surface area contributed by atoms with Gasteiger partial charge in [-0.2, -0.15) is 4.31 Å². The summed E-state index contributed by atoms with van der Waals surface area (Å²) in [6.07, 6.45) is 5.78. The summed E-state index contributed by atoms with van der Waals surface area (Å²) in [5, 5.41) is 0.344. The van der Waals surface area contributed by atoms with Crippen LogP contribution in [0.2, 0.25) is 5.02 Å². The molecule has 2 aliphatic rings. The molecule has 8 heteroatoms. The number of rotatable bonds is 5. The molecule has 3 rings (SSSR count). The standard InChI is InChI=1S/C20H29ClN2O4S/c1-2-27-18-10-9-17(21)14-19(18)28(25,26)23-13-7-8-16(15-23)20(24)22-11-5-3-4-6-12-22/h9-10,14,16H,2-8,11-13,15H2,1H3/t16-/m0/s1. The lowest BCUT2D eigenvalue weighted by Gasteiger charge is -2.34. The molecule has 28 heavy (non-hydrogen) atoms. The maximum absolute atomic E-state index is 13.3. The number of carbonyl (C=O) groups excluding carboxylic acids is 1. The lowest BCUT2D eigenvalue weighted by atomic mass is 9.98. The first-order valence-electron chi connectivity index (χ1n) is 10.1. The minimum absolute atomic E-state index is 0.0738. The molecule has 0 bridgehead atoms. The van der Waals surface area contributed by atoms with Crippen LogP contribution < -0.4 is 4.74 Å². The third kappa shape index (κ3) is 4.81. The molecular formula is C20H29ClN2O4S. The van der Waals surface area contributed by atoms with E-state index in [1.807, 2.05) is 11.8 Å². The Kier molecular flexibility index (Phi) is 7.23. The highest BCUT2D eigenvalue weighted by Crippen LogP contribution is 2.32. The Morgan fingerprint density at radius 2 is 1.86 bits per heavy atom. The number of amides is 1. The lowest BCUT2D eigenvalue weighted by molar-refractivity contribution is -0.136. The van der Waals surface area contributed by atoms with Gasteiger partial charge in [0.2, 0.25) is 15.9 Å². The van der Waals surface area contributed by atoms with Crippen LogP contribution in [-0.4, -0.2) is 56.3 Å². The Bertz CT molecular complexity index is 791. The molecule has 0 aliphatic carbocycles. The van der Waals surface area contributed by atoms with Gasteiger partial charge in [0.1, 0.15) is 10.6 Å². The number of carbonyl (C=O) groups is 1. The van der Waals surface area contributed by atoms with Crippen molar-refractivity contribution in [3.05, 3.63) is 23.2 Å². The van der Waals surface area contributed by atoms with E-state index in [1.165, 1.54) is 10.4 Å². The summed E-state index contributed by atoms with van der Waals surface area (Å²) >= 11 is 6.06. The zero-order valence-electron chi connectivity index (χ0n) is 16.4. The van der Waals surface area contributed by atoms with Crippen molar-refractivity contribution in [3.63, 3.8) is 0 Å². The summed E-state index contributed by atoms with van der Waals surface area (Å²) in [5.74, 6) is 0.113. The Hall–Kier alpha value is -1.31. The fraction of sp³-hybridized carbons (Fsp3) is 0.650. The van der Waals surface area contributed by atoms with Crippen LogP contribution in [0.3, 0.4) is 0 Å². The summed E-state index contributed by atoms with van der Waals surface area (Å²) in [7, 11) is -3.79. The third-order valence-electron chi connectivity index (χ3n) is 5.47. The van der Waals surface area contributed by atoms with Crippen LogP contribution in [-0.2, 0) is 14.8 Å². The molecule has 0 radical (unpaired) electrons. The number of hydrogen-bond donors (Lipinski definition) is 0. The van der Waals surface area contributed by atoms with Crippen molar-refractivity contribution in [2.45, 2.75) is 50.3 Å². The van der Waals surface area contributed by atoms with Gasteiger partial charge in [0.05, 0.1) is 12.5 Å². The predicted molar refractivity (Wildman–Crippen MR) is 109 cm³/mol. The van der Waals surface area contributed by atoms with Gasteiger partial charge < -0.3 is 9.64 Å². The monoisotopic (exact) mass is 428 g/mol. The van der Waals surface area contributed by atoms with Crippen molar-refractivity contribution < 1.29 is 17.9 Å². The topological polar surface area (TPSA) is 66.9 Å². The Labute approximate surface area is 172 Å². The summed E-state index contributed by atoms with van der Waals surface area (Å²) in [5.41, 5.74) is 0. The number of benzene rings is 1. The average molecular weight is 429 g/mol. The summed E-state index contributed by atoms with van der Waals surface area (Å²) in [6, 6.07) is 4.64. The number of ether oxygens (including phenoxy) is 1. The largest absolute Gasteiger partial charge is 0.492 e. The normalized spacial score (nSPS) is 21.9. The van der Waals surface area contributed by atoms with E-state index in [1.54, 1.807) is 12.1 Å². The van der Waals surface area contributed by atoms with Gasteiger partial charge in [0.25, 0.3) is 0 Å². The second-order valence-corrected chi connectivity index (χ2v) is 9.81. The van der Waals surface area contributed by atoms with Crippen LogP contribution >= 0.6 is 11.6 Å². The van der Waals surface area contributed by atoms with E-state index in [0.717, 1.165) is 45.2 Å². The molecule has 2 aliphatic heterocycles. The molecule has 1 aromatic rings. The van der Waals surface area contributed by atoms with Crippen LogP contribution in [0.15, 0.2) is 23.1 Å². The molecule has 156 valence electrons. The molecule has 0 spiro atoms. The smallest absolute Gasteiger partial charge is 0.246 e. The number of sulfonamides is 1. The predicted octanol–water partition coefficient (Wildman–Crippen LogP) is 3.54. The Morgan fingerprint density at radius 1 is 1.14 bits per heavy atom. The van der Waals surface area contributed by atoms with E-state index < -0.39 is 10.0 Å². The highest BCUT2D eigenvalue weighted by atomic mass is 35.5. The quantitative estimate of drug-likeness (QED) is 0.719. The van der Waals surface area contributed by atoms with E-state index in [4.69, 9.17) is 16.3 Å². The molecule has 0 unspecified atom stereocenters. The maximum atomic E-state index is 13.3. The van der Waals surface area contributed by atoms with Crippen LogP contribution in [0, 0.1) is 5.92 Å². The van der Waals surface area contributed by atoms with Crippen molar-refractivity contribution in [1.29, 1.82) is 0 Å². The van der Waals surface area contributed by atoms with E-state index in [-0.39, 0.29) is 23.3 Å². The zero-order valence-corrected chi connectivity index (χ0v) is 18.0. The molecule has 1 atom stereocenters. The molecule has 2 saturated heterocycles. The molecule has 1 aromatic carbocycles. The van der Waals surface area contributed by atoms with Crippen molar-refractivity contribution in [2.24, 2.45) is 5.92 Å². The van der Waals surface area contributed by atoms with Crippen LogP contribution in [0.5, 0.6) is 5.75 Å². The first-order valence-corrected chi connectivity index (χ1v) is 12.0. The van der Waals surface area contributed by atoms with Crippen molar-refractivity contribution in [3.8, 4) is 5.75 Å². The lowest BCUT2D eigenvalue weighted by Crippen LogP contribution is -2.47. The van der Waals surface area contributed by atoms with Gasteiger partial charge in [0, 0.05) is 31.2 Å². The SMILES string of the molecule is CCOc1ccc(Cl)cc1S(=O)(=O)N1CCC[C@H](C(=O)N2CCCCCC2)C1. The first kappa shape index (κ1) is 21.4. The zero-order chi connectivity index (χ0) is 20.1. The van der Waals surface area contributed by atoms with E-state index >= 15 is 0 Å². The van der Waals surface area contributed by atoms with Gasteiger partial charge in [-0.3, -0.25) is 4.79 Å². The fourth-order valence-corrected chi connectivity index (χ4v) is 5.93. The number of hydrogen-bond acceptors (Lipinski definition) is 4. The maximum Gasteiger partial charge on any atom is 0.246 e. The molecule has 2 fully saturated rings. The molecule has 6 nitrogen and oxygen atoms in total. The van der Waals surface area contributed by atoms with Crippen LogP contribution in [0.25, 0.3) is 0 Å². The highest BCUT2D eigenvalue weighted by Gasteiger charge is 2.36. The molecule has 0 aromatic heterocycles. The van der Waals surface area contributed by atoms with E-state index in [0.29, 0.717) is 30.3 Å². The van der Waals surface area contributed by atoms with Crippen molar-refractivity contribution in [1.82, 2.24) is 9.21 Å². The molecule has 2 heterocycles. The van der Waals surface area contributed by atoms with Crippen LogP contribution in [0.4, 0.5) is 0 Å². The second kappa shape index (κ2) is 9.46. The van der Waals surface area contributed by atoms with Crippen LogP contribution in [0.1, 0.15) is 45.4 Å². The molecule has 0 N–H and O–H groups in total. The highest BCUT2D eigenvalue weighted by molar-refractivity contribution is 7.89. The summed E-state index contributed by atoms with van der Waals surface area (Å²) in [6.45, 7) is 4.36.